The van der Waals surface area contributed by atoms with Crippen molar-refractivity contribution in [2.45, 2.75) is 6.04 Å². The van der Waals surface area contributed by atoms with Gasteiger partial charge in [0.05, 0.1) is 28.8 Å². The third kappa shape index (κ3) is 2.70. The Balaban J connectivity index is 1.36. The van der Waals surface area contributed by atoms with Gasteiger partial charge in [0.15, 0.2) is 0 Å². The predicted octanol–water partition coefficient (Wildman–Crippen LogP) is 5.00. The zero-order valence-corrected chi connectivity index (χ0v) is 17.9. The molecule has 34 heavy (non-hydrogen) atoms. The van der Waals surface area contributed by atoms with Gasteiger partial charge in [-0.2, -0.15) is 0 Å². The molecule has 0 fully saturated rings. The zero-order valence-electron chi connectivity index (χ0n) is 17.9. The lowest BCUT2D eigenvalue weighted by atomic mass is 9.98. The fourth-order valence-corrected chi connectivity index (χ4v) is 4.96. The van der Waals surface area contributed by atoms with E-state index in [4.69, 9.17) is 4.98 Å². The predicted molar refractivity (Wildman–Crippen MR) is 130 cm³/mol. The summed E-state index contributed by atoms with van der Waals surface area (Å²) in [4.78, 5) is 33.2. The SMILES string of the molecule is O=C(N[C@@H]1c2ccccc2-c2c(-c3nc4ccncc4[nH]3)cccc21)c1ccnc2[nH]ccc12. The molecule has 7 nitrogen and oxygen atoms in total. The second kappa shape index (κ2) is 7.11. The third-order valence-corrected chi connectivity index (χ3v) is 6.47. The lowest BCUT2D eigenvalue weighted by molar-refractivity contribution is 0.0945. The number of amides is 1. The summed E-state index contributed by atoms with van der Waals surface area (Å²) in [6, 6.07) is 19.6. The minimum atomic E-state index is -0.271. The van der Waals surface area contributed by atoms with Gasteiger partial charge in [-0.25, -0.2) is 9.97 Å². The summed E-state index contributed by atoms with van der Waals surface area (Å²) in [6.07, 6.45) is 6.97. The first kappa shape index (κ1) is 18.8. The summed E-state index contributed by atoms with van der Waals surface area (Å²) < 4.78 is 0. The van der Waals surface area contributed by atoms with Crippen LogP contribution in [0.3, 0.4) is 0 Å². The van der Waals surface area contributed by atoms with Crippen LogP contribution >= 0.6 is 0 Å². The van der Waals surface area contributed by atoms with Gasteiger partial charge in [-0.1, -0.05) is 42.5 Å². The molecule has 0 aliphatic heterocycles. The van der Waals surface area contributed by atoms with Crippen molar-refractivity contribution in [1.29, 1.82) is 0 Å². The van der Waals surface area contributed by atoms with Gasteiger partial charge in [-0.3, -0.25) is 9.78 Å². The van der Waals surface area contributed by atoms with Gasteiger partial charge in [0.2, 0.25) is 0 Å². The molecule has 1 atom stereocenters. The molecule has 0 bridgehead atoms. The van der Waals surface area contributed by atoms with E-state index < -0.39 is 0 Å². The van der Waals surface area contributed by atoms with E-state index >= 15 is 0 Å². The number of benzene rings is 2. The van der Waals surface area contributed by atoms with Gasteiger partial charge in [0, 0.05) is 29.5 Å². The van der Waals surface area contributed by atoms with Crippen LogP contribution in [0.1, 0.15) is 27.5 Å². The molecule has 3 N–H and O–H groups in total. The number of hydrogen-bond donors (Lipinski definition) is 3. The number of fused-ring (bicyclic) bond motifs is 5. The van der Waals surface area contributed by atoms with Crippen molar-refractivity contribution in [3.05, 3.63) is 102 Å². The number of rotatable bonds is 3. The standard InChI is InChI=1S/C27H18N6O/c34-27(18-9-13-30-25-17(18)8-12-29-25)33-24-16-5-2-1-4-15(16)23-19(24)6-3-7-20(23)26-31-21-10-11-28-14-22(21)32-26/h1-14,24H,(H,29,30)(H,31,32)(H,33,34)/t24-/m1/s1. The molecule has 162 valence electrons. The number of imidazole rings is 1. The molecule has 0 radical (unpaired) electrons. The summed E-state index contributed by atoms with van der Waals surface area (Å²) in [5, 5.41) is 4.08. The summed E-state index contributed by atoms with van der Waals surface area (Å²) >= 11 is 0. The smallest absolute Gasteiger partial charge is 0.252 e. The van der Waals surface area contributed by atoms with Crippen molar-refractivity contribution >= 4 is 28.0 Å². The van der Waals surface area contributed by atoms with E-state index in [2.05, 4.69) is 49.5 Å². The Bertz CT molecular complexity index is 1700. The van der Waals surface area contributed by atoms with Gasteiger partial charge in [0.1, 0.15) is 11.5 Å². The van der Waals surface area contributed by atoms with Crippen molar-refractivity contribution in [3.63, 3.8) is 0 Å². The Kier molecular flexibility index (Phi) is 3.92. The Morgan fingerprint density at radius 2 is 1.79 bits per heavy atom. The average Bonchev–Trinajstić information content (AvgIpc) is 3.60. The van der Waals surface area contributed by atoms with Crippen LogP contribution in [0.5, 0.6) is 0 Å². The van der Waals surface area contributed by atoms with Crippen LogP contribution in [-0.2, 0) is 0 Å². The molecule has 0 unspecified atom stereocenters. The molecule has 2 aromatic carbocycles. The van der Waals surface area contributed by atoms with E-state index in [1.807, 2.05) is 30.3 Å². The van der Waals surface area contributed by atoms with Gasteiger partial charge in [-0.15, -0.1) is 0 Å². The van der Waals surface area contributed by atoms with Crippen LogP contribution in [0, 0.1) is 0 Å². The Hall–Kier alpha value is -4.78. The van der Waals surface area contributed by atoms with E-state index in [-0.39, 0.29) is 11.9 Å². The molecule has 0 saturated carbocycles. The highest BCUT2D eigenvalue weighted by Gasteiger charge is 2.32. The molecule has 4 aromatic heterocycles. The van der Waals surface area contributed by atoms with Crippen molar-refractivity contribution < 1.29 is 4.79 Å². The molecule has 7 rings (SSSR count). The Labute approximate surface area is 193 Å². The molecule has 0 saturated heterocycles. The Morgan fingerprint density at radius 1 is 0.912 bits per heavy atom. The highest BCUT2D eigenvalue weighted by Crippen LogP contribution is 2.47. The molecular weight excluding hydrogens is 424 g/mol. The largest absolute Gasteiger partial charge is 0.346 e. The molecule has 1 amide bonds. The van der Waals surface area contributed by atoms with Gasteiger partial charge >= 0.3 is 0 Å². The lowest BCUT2D eigenvalue weighted by Crippen LogP contribution is -2.28. The number of aromatic amines is 2. The summed E-state index contributed by atoms with van der Waals surface area (Å²) in [5.41, 5.74) is 8.33. The summed E-state index contributed by atoms with van der Waals surface area (Å²) in [5.74, 6) is 0.643. The first-order chi connectivity index (χ1) is 16.8. The maximum absolute atomic E-state index is 13.4. The molecule has 1 aliphatic rings. The van der Waals surface area contributed by atoms with Crippen LogP contribution < -0.4 is 5.32 Å². The minimum absolute atomic E-state index is 0.139. The topological polar surface area (TPSA) is 99.3 Å². The number of aromatic nitrogens is 5. The van der Waals surface area contributed by atoms with Crippen LogP contribution in [0.2, 0.25) is 0 Å². The highest BCUT2D eigenvalue weighted by molar-refractivity contribution is 6.06. The van der Waals surface area contributed by atoms with E-state index in [1.165, 1.54) is 0 Å². The van der Waals surface area contributed by atoms with E-state index in [9.17, 15) is 4.79 Å². The van der Waals surface area contributed by atoms with Gasteiger partial charge in [-0.05, 0) is 40.5 Å². The number of nitrogens with zero attached hydrogens (tertiary/aromatic N) is 3. The minimum Gasteiger partial charge on any atom is -0.346 e. The lowest BCUT2D eigenvalue weighted by Gasteiger charge is -2.16. The van der Waals surface area contributed by atoms with Crippen LogP contribution in [0.15, 0.2) is 85.5 Å². The van der Waals surface area contributed by atoms with Crippen LogP contribution in [0.25, 0.3) is 44.6 Å². The zero-order chi connectivity index (χ0) is 22.6. The molecule has 4 heterocycles. The molecule has 7 heteroatoms. The second-order valence-electron chi connectivity index (χ2n) is 8.34. The number of H-pyrrole nitrogens is 2. The molecule has 6 aromatic rings. The first-order valence-electron chi connectivity index (χ1n) is 11.0. The number of pyridine rings is 2. The van der Waals surface area contributed by atoms with Gasteiger partial charge < -0.3 is 15.3 Å². The third-order valence-electron chi connectivity index (χ3n) is 6.47. The van der Waals surface area contributed by atoms with Crippen molar-refractivity contribution in [1.82, 2.24) is 30.2 Å². The van der Waals surface area contributed by atoms with E-state index in [0.29, 0.717) is 11.2 Å². The van der Waals surface area contributed by atoms with Crippen molar-refractivity contribution in [2.75, 3.05) is 0 Å². The van der Waals surface area contributed by atoms with Crippen LogP contribution in [-0.4, -0.2) is 30.8 Å². The monoisotopic (exact) mass is 442 g/mol. The number of hydrogen-bond acceptors (Lipinski definition) is 4. The van der Waals surface area contributed by atoms with E-state index in [0.717, 1.165) is 50.1 Å². The van der Waals surface area contributed by atoms with Gasteiger partial charge in [0.25, 0.3) is 5.91 Å². The molecular formula is C27H18N6O. The normalized spacial score (nSPS) is 14.3. The fraction of sp³-hybridized carbons (Fsp3) is 0.0370. The highest BCUT2D eigenvalue weighted by atomic mass is 16.1. The maximum Gasteiger partial charge on any atom is 0.252 e. The average molecular weight is 442 g/mol. The molecule has 0 spiro atoms. The first-order valence-corrected chi connectivity index (χ1v) is 11.0. The fourth-order valence-electron chi connectivity index (χ4n) is 4.96. The van der Waals surface area contributed by atoms with Crippen LogP contribution in [0.4, 0.5) is 0 Å². The van der Waals surface area contributed by atoms with E-state index in [1.54, 1.807) is 30.9 Å². The maximum atomic E-state index is 13.4. The quantitative estimate of drug-likeness (QED) is 0.359. The number of carbonyl (C=O) groups is 1. The van der Waals surface area contributed by atoms with Crippen molar-refractivity contribution in [2.24, 2.45) is 0 Å². The van der Waals surface area contributed by atoms with Crippen molar-refractivity contribution in [3.8, 4) is 22.5 Å². The number of nitrogens with one attached hydrogen (secondary N) is 3. The summed E-state index contributed by atoms with van der Waals surface area (Å²) in [6.45, 7) is 0. The Morgan fingerprint density at radius 3 is 2.74 bits per heavy atom. The second-order valence-corrected chi connectivity index (χ2v) is 8.34. The number of carbonyl (C=O) groups excluding carboxylic acids is 1. The molecule has 1 aliphatic carbocycles. The summed E-state index contributed by atoms with van der Waals surface area (Å²) in [7, 11) is 0.